The summed E-state index contributed by atoms with van der Waals surface area (Å²) in [5.41, 5.74) is 2.22. The quantitative estimate of drug-likeness (QED) is 0.111. The minimum atomic E-state index is -4.64. The van der Waals surface area contributed by atoms with E-state index in [2.05, 4.69) is 35.6 Å². The van der Waals surface area contributed by atoms with Gasteiger partial charge in [-0.3, -0.25) is 14.8 Å². The summed E-state index contributed by atoms with van der Waals surface area (Å²) in [5, 5.41) is 12.2. The fourth-order valence-corrected chi connectivity index (χ4v) is 11.2. The van der Waals surface area contributed by atoms with E-state index in [1.807, 2.05) is 20.8 Å². The van der Waals surface area contributed by atoms with E-state index in [0.29, 0.717) is 100 Å². The van der Waals surface area contributed by atoms with Crippen LogP contribution in [0.4, 0.5) is 55.9 Å². The topological polar surface area (TPSA) is 195 Å². The number of halogens is 11. The van der Waals surface area contributed by atoms with E-state index in [-0.39, 0.29) is 65.8 Å². The lowest BCUT2D eigenvalue weighted by Crippen LogP contribution is -2.41. The molecule has 87 heavy (non-hydrogen) atoms. The number of fused-ring (bicyclic) bond motifs is 2. The van der Waals surface area contributed by atoms with Crippen LogP contribution in [0, 0.1) is 23.3 Å². The number of hydrogen-bond donors (Lipinski definition) is 1. The number of pyridine rings is 4. The summed E-state index contributed by atoms with van der Waals surface area (Å²) < 4.78 is 141. The van der Waals surface area contributed by atoms with Gasteiger partial charge in [-0.15, -0.1) is 0 Å². The second-order valence-electron chi connectivity index (χ2n) is 21.7. The second-order valence-corrected chi connectivity index (χ2v) is 22.5. The first-order valence-electron chi connectivity index (χ1n) is 28.4. The van der Waals surface area contributed by atoms with Gasteiger partial charge in [-0.05, 0) is 120 Å². The van der Waals surface area contributed by atoms with Crippen molar-refractivity contribution >= 4 is 69.3 Å². The Kier molecular flexibility index (Phi) is 19.4. The van der Waals surface area contributed by atoms with Crippen molar-refractivity contribution in [1.82, 2.24) is 50.4 Å². The van der Waals surface area contributed by atoms with E-state index in [1.54, 1.807) is 45.9 Å². The van der Waals surface area contributed by atoms with Crippen LogP contribution >= 0.6 is 23.2 Å². The van der Waals surface area contributed by atoms with Crippen molar-refractivity contribution in [3.8, 4) is 22.8 Å². The molecule has 0 unspecified atom stereocenters. The summed E-state index contributed by atoms with van der Waals surface area (Å²) in [6.45, 7) is 10.5. The highest BCUT2D eigenvalue weighted by Gasteiger charge is 2.39. The maximum atomic E-state index is 14.7. The summed E-state index contributed by atoms with van der Waals surface area (Å²) in [5.74, 6) is -0.0913. The lowest BCUT2D eigenvalue weighted by molar-refractivity contribution is -0.156. The molecule has 462 valence electrons. The number of aldehydes is 1. The third kappa shape index (κ3) is 15.0. The molecule has 0 radical (unpaired) electrons. The number of amides is 1. The molecule has 1 amide bonds. The first-order valence-corrected chi connectivity index (χ1v) is 28.5. The molecule has 4 aliphatic heterocycles. The molecule has 0 saturated carbocycles. The number of nitrogens with one attached hydrogen (secondary N) is 1. The number of carbonyl (C=O) groups excluding carboxylic acids is 2. The smallest absolute Gasteiger partial charge is 0.444 e. The van der Waals surface area contributed by atoms with E-state index < -0.39 is 65.8 Å². The molecule has 6 aromatic heterocycles. The lowest BCUT2D eigenvalue weighted by atomic mass is 9.97. The molecule has 8 aromatic rings. The monoisotopic (exact) mass is 1260 g/mol. The minimum Gasteiger partial charge on any atom is -0.444 e. The molecule has 0 bridgehead atoms. The molecule has 28 heteroatoms. The first kappa shape index (κ1) is 62.3. The summed E-state index contributed by atoms with van der Waals surface area (Å²) in [7, 11) is 0. The van der Waals surface area contributed by atoms with Gasteiger partial charge in [0.1, 0.15) is 63.9 Å². The summed E-state index contributed by atoms with van der Waals surface area (Å²) in [4.78, 5) is 53.6. The van der Waals surface area contributed by atoms with E-state index in [9.17, 15) is 44.3 Å². The van der Waals surface area contributed by atoms with Gasteiger partial charge in [-0.2, -0.15) is 23.1 Å². The Morgan fingerprint density at radius 1 is 0.690 bits per heavy atom. The van der Waals surface area contributed by atoms with Gasteiger partial charge in [-0.1, -0.05) is 47.3 Å². The number of likely N-dealkylation sites (tertiary alicyclic amines) is 1. The average molecular weight is 1260 g/mol. The Bertz CT molecular complexity index is 3760. The van der Waals surface area contributed by atoms with Crippen LogP contribution in [-0.2, 0) is 9.53 Å². The molecule has 4 saturated heterocycles. The van der Waals surface area contributed by atoms with Crippen molar-refractivity contribution in [3.05, 3.63) is 129 Å². The van der Waals surface area contributed by atoms with Crippen LogP contribution in [0.5, 0.6) is 0 Å². The fourth-order valence-electron chi connectivity index (χ4n) is 10.7. The summed E-state index contributed by atoms with van der Waals surface area (Å²) in [6.07, 6.45) is -2.54. The van der Waals surface area contributed by atoms with E-state index in [1.165, 1.54) is 12.4 Å². The number of hydrogen-bond acceptors (Lipinski definition) is 16. The van der Waals surface area contributed by atoms with Crippen molar-refractivity contribution in [2.75, 3.05) is 49.1 Å². The zero-order chi connectivity index (χ0) is 63.2. The Labute approximate surface area is 504 Å². The number of benzene rings is 2. The number of aromatic nitrogens is 8. The van der Waals surface area contributed by atoms with Crippen LogP contribution in [0.25, 0.3) is 44.8 Å². The standard InChI is InChI=1S/C30H30ClF3N6O3.C25H22ClF3N6O.C2HF3O.C2H6/c1-30(2,3)42-29(41)39-10-8-16(9-11-39)28-37-27(38-43-28)25-20(31)14-35-22-6-7-24(36-26(22)25)40-15-18(33)13-23(40)19-12-17(32)4-5-21(19)34;26-17-11-31-19-3-4-21(35-12-15(28)10-20(35)16-9-14(27)1-2-18(16)29)32-23(19)22(17)24-33-25(36-34-24)13-5-7-30-8-6-13;3-2(4,5)1-6;1-2/h4-7,12,14,16,18,23H,8-11,13,15H2,1-3H3;1-4,9,11,13,15,20,30H,5-8,10,12H2;1H;1-2H3/t18-,23+;15-,20+;;/m00../s1/i;;;1D. The van der Waals surface area contributed by atoms with Crippen LogP contribution in [0.2, 0.25) is 10.0 Å². The highest BCUT2D eigenvalue weighted by molar-refractivity contribution is 6.34. The minimum absolute atomic E-state index is 0.00940. The molecule has 0 aliphatic carbocycles. The molecule has 1 N–H and O–H groups in total. The van der Waals surface area contributed by atoms with Gasteiger partial charge in [0.25, 0.3) is 0 Å². The second kappa shape index (κ2) is 27.1. The number of piperidine rings is 2. The third-order valence-electron chi connectivity index (χ3n) is 14.7. The molecule has 10 heterocycles. The number of nitrogens with zero attached hydrogens (tertiary/aromatic N) is 11. The Morgan fingerprint density at radius 2 is 1.11 bits per heavy atom. The van der Waals surface area contributed by atoms with E-state index in [0.717, 1.165) is 62.3 Å². The first-order chi connectivity index (χ1) is 41.9. The number of ether oxygens (including phenoxy) is 1. The van der Waals surface area contributed by atoms with Crippen molar-refractivity contribution in [3.63, 3.8) is 0 Å². The molecule has 4 aliphatic rings. The van der Waals surface area contributed by atoms with Gasteiger partial charge in [-0.25, -0.2) is 41.1 Å². The van der Waals surface area contributed by atoms with Crippen LogP contribution in [0.3, 0.4) is 0 Å². The Balaban J connectivity index is 0.000000186. The third-order valence-corrected chi connectivity index (χ3v) is 15.2. The fraction of sp³-hybridized carbons (Fsp3) is 0.424. The SMILES string of the molecule is CC(C)(C)OC(=O)N1CCC(c2nc(-c3c(Cl)cnc4ccc(N5C[C@@H](F)C[C@@H]5c5cc(F)ccc5F)nc34)no2)CC1.Fc1ccc(F)c([C@H]2C[C@H](F)CN2c2ccc3ncc(Cl)c(-c4noc(C5CCNCC5)n4)c3n2)c1.O=CC(F)(F)F.[2H]CC. The highest BCUT2D eigenvalue weighted by Crippen LogP contribution is 2.43. The molecular weight excluding hydrogens is 1200 g/mol. The largest absolute Gasteiger partial charge is 0.446 e. The number of rotatable bonds is 8. The number of carbonyl (C=O) groups is 2. The Hall–Kier alpha value is -7.71. The van der Waals surface area contributed by atoms with E-state index >= 15 is 0 Å². The number of anilines is 2. The maximum Gasteiger partial charge on any atom is 0.446 e. The highest BCUT2D eigenvalue weighted by atomic mass is 35.5. The predicted octanol–water partition coefficient (Wildman–Crippen LogP) is 14.2. The summed E-state index contributed by atoms with van der Waals surface area (Å²) >= 11 is 13.1. The zero-order valence-corrected chi connectivity index (χ0v) is 48.8. The molecular formula is C59H59Cl2F9N12O5. The van der Waals surface area contributed by atoms with Crippen LogP contribution in [-0.4, -0.2) is 121 Å². The van der Waals surface area contributed by atoms with Crippen LogP contribution in [0.1, 0.15) is 121 Å². The summed E-state index contributed by atoms with van der Waals surface area (Å²) in [6, 6.07) is 11.7. The Morgan fingerprint density at radius 3 is 1.53 bits per heavy atom. The van der Waals surface area contributed by atoms with Crippen molar-refractivity contribution in [2.24, 2.45) is 0 Å². The predicted molar refractivity (Wildman–Crippen MR) is 306 cm³/mol. The van der Waals surface area contributed by atoms with Gasteiger partial charge in [0.05, 0.1) is 57.4 Å². The van der Waals surface area contributed by atoms with Crippen molar-refractivity contribution < 1.29 is 64.3 Å². The molecule has 4 fully saturated rings. The van der Waals surface area contributed by atoms with Gasteiger partial charge in [0.15, 0.2) is 0 Å². The molecule has 2 aromatic carbocycles. The zero-order valence-electron chi connectivity index (χ0n) is 48.3. The molecule has 17 nitrogen and oxygen atoms in total. The van der Waals surface area contributed by atoms with Crippen molar-refractivity contribution in [1.29, 1.82) is 0 Å². The maximum absolute atomic E-state index is 14.7. The average Bonchev–Trinajstić information content (AvgIpc) is 1.73. The van der Waals surface area contributed by atoms with Crippen LogP contribution in [0.15, 0.2) is 82.1 Å². The number of alkyl halides is 5. The van der Waals surface area contributed by atoms with Gasteiger partial charge >= 0.3 is 12.3 Å². The van der Waals surface area contributed by atoms with E-state index in [4.69, 9.17) is 53.1 Å². The van der Waals surface area contributed by atoms with Crippen LogP contribution < -0.4 is 15.1 Å². The molecule has 4 atom stereocenters. The molecule has 12 rings (SSSR count). The van der Waals surface area contributed by atoms with Gasteiger partial charge in [0.2, 0.25) is 29.7 Å². The molecule has 0 spiro atoms. The van der Waals surface area contributed by atoms with Crippen molar-refractivity contribution in [2.45, 2.75) is 121 Å². The lowest BCUT2D eigenvalue weighted by Gasteiger charge is -2.32. The normalized spacial score (nSPS) is 19.4. The van der Waals surface area contributed by atoms with Gasteiger partial charge < -0.3 is 33.8 Å². The van der Waals surface area contributed by atoms with Gasteiger partial charge in [0, 0.05) is 62.7 Å².